The lowest BCUT2D eigenvalue weighted by molar-refractivity contribution is 0.414. The number of nitrogens with zero attached hydrogens (tertiary/aromatic N) is 1. The van der Waals surface area contributed by atoms with E-state index in [0.717, 1.165) is 5.39 Å². The van der Waals surface area contributed by atoms with Gasteiger partial charge in [0.15, 0.2) is 0 Å². The molecular weight excluding hydrogens is 182 g/mol. The highest BCUT2D eigenvalue weighted by molar-refractivity contribution is 5.81. The van der Waals surface area contributed by atoms with Gasteiger partial charge in [-0.15, -0.1) is 4.99 Å². The fourth-order valence-corrected chi connectivity index (χ4v) is 1.22. The number of furan rings is 1. The van der Waals surface area contributed by atoms with Crippen molar-refractivity contribution in [3.05, 3.63) is 24.3 Å². The average molecular weight is 189 g/mol. The summed E-state index contributed by atoms with van der Waals surface area (Å²) in [5.41, 5.74) is 0.637. The van der Waals surface area contributed by atoms with Gasteiger partial charge in [0, 0.05) is 17.5 Å². The molecule has 0 N–H and O–H groups in total. The van der Waals surface area contributed by atoms with Crippen LogP contribution in [0.15, 0.2) is 33.7 Å². The van der Waals surface area contributed by atoms with Crippen molar-refractivity contribution in [1.29, 1.82) is 0 Å². The maximum Gasteiger partial charge on any atom is 0.243 e. The van der Waals surface area contributed by atoms with E-state index in [1.165, 1.54) is 6.08 Å². The zero-order chi connectivity index (χ0) is 9.97. The Morgan fingerprint density at radius 3 is 3.00 bits per heavy atom. The van der Waals surface area contributed by atoms with E-state index in [9.17, 15) is 4.79 Å². The first-order chi connectivity index (χ1) is 6.83. The molecule has 1 aromatic heterocycles. The monoisotopic (exact) mass is 189 g/mol. The first-order valence-electron chi connectivity index (χ1n) is 3.99. The van der Waals surface area contributed by atoms with Crippen molar-refractivity contribution in [3.63, 3.8) is 0 Å². The van der Waals surface area contributed by atoms with Crippen LogP contribution in [-0.2, 0) is 4.79 Å². The average Bonchev–Trinajstić information content (AvgIpc) is 2.59. The van der Waals surface area contributed by atoms with E-state index in [1.54, 1.807) is 19.2 Å². The molecule has 0 atom stereocenters. The number of methoxy groups -OCH3 is 1. The molecule has 14 heavy (non-hydrogen) atoms. The lowest BCUT2D eigenvalue weighted by Crippen LogP contribution is -1.79. The van der Waals surface area contributed by atoms with Crippen molar-refractivity contribution in [3.8, 4) is 5.75 Å². The molecular formula is C10H7NO3. The molecule has 0 aliphatic carbocycles. The summed E-state index contributed by atoms with van der Waals surface area (Å²) >= 11 is 0. The minimum absolute atomic E-state index is 0.253. The number of hydrogen-bond donors (Lipinski definition) is 0. The number of carbonyl (C=O) groups excluding carboxylic acids is 1. The molecule has 0 amide bonds. The smallest absolute Gasteiger partial charge is 0.243 e. The van der Waals surface area contributed by atoms with Gasteiger partial charge in [-0.25, -0.2) is 4.79 Å². The highest BCUT2D eigenvalue weighted by atomic mass is 16.5. The van der Waals surface area contributed by atoms with E-state index in [2.05, 4.69) is 4.99 Å². The van der Waals surface area contributed by atoms with Gasteiger partial charge in [0.05, 0.1) is 7.11 Å². The van der Waals surface area contributed by atoms with Crippen molar-refractivity contribution in [2.24, 2.45) is 4.99 Å². The standard InChI is InChI=1S/C10H7NO3/c1-13-8-3-2-7-4-10(11-6-12)14-9(7)5-8/h2-5H,1H3. The Kier molecular flexibility index (Phi) is 2.05. The second-order valence-corrected chi connectivity index (χ2v) is 2.69. The predicted octanol–water partition coefficient (Wildman–Crippen LogP) is 2.41. The minimum Gasteiger partial charge on any atom is -0.497 e. The van der Waals surface area contributed by atoms with Crippen LogP contribution in [0.25, 0.3) is 11.0 Å². The maximum absolute atomic E-state index is 10.00. The van der Waals surface area contributed by atoms with Crippen LogP contribution in [0.2, 0.25) is 0 Å². The molecule has 1 heterocycles. The van der Waals surface area contributed by atoms with Gasteiger partial charge in [-0.05, 0) is 12.1 Å². The van der Waals surface area contributed by atoms with E-state index in [-0.39, 0.29) is 5.88 Å². The second-order valence-electron chi connectivity index (χ2n) is 2.69. The zero-order valence-electron chi connectivity index (χ0n) is 7.48. The summed E-state index contributed by atoms with van der Waals surface area (Å²) in [6.07, 6.45) is 1.42. The van der Waals surface area contributed by atoms with Gasteiger partial charge in [-0.1, -0.05) is 0 Å². The summed E-state index contributed by atoms with van der Waals surface area (Å²) in [5, 5.41) is 0.875. The highest BCUT2D eigenvalue weighted by Gasteiger charge is 2.03. The molecule has 0 radical (unpaired) electrons. The van der Waals surface area contributed by atoms with Crippen LogP contribution in [0.5, 0.6) is 5.75 Å². The lowest BCUT2D eigenvalue weighted by atomic mass is 10.2. The van der Waals surface area contributed by atoms with Gasteiger partial charge >= 0.3 is 0 Å². The number of ether oxygens (including phenoxy) is 1. The van der Waals surface area contributed by atoms with Crippen molar-refractivity contribution in [2.75, 3.05) is 7.11 Å². The molecule has 0 bridgehead atoms. The number of isocyanates is 1. The molecule has 1 aromatic carbocycles. The third-order valence-electron chi connectivity index (χ3n) is 1.87. The Morgan fingerprint density at radius 1 is 1.43 bits per heavy atom. The van der Waals surface area contributed by atoms with E-state index in [0.29, 0.717) is 11.3 Å². The molecule has 0 aliphatic rings. The van der Waals surface area contributed by atoms with Crippen LogP contribution < -0.4 is 4.74 Å². The van der Waals surface area contributed by atoms with E-state index < -0.39 is 0 Å². The van der Waals surface area contributed by atoms with Crippen LogP contribution in [-0.4, -0.2) is 13.2 Å². The molecule has 2 rings (SSSR count). The van der Waals surface area contributed by atoms with E-state index in [4.69, 9.17) is 9.15 Å². The van der Waals surface area contributed by atoms with Crippen LogP contribution >= 0.6 is 0 Å². The second kappa shape index (κ2) is 3.36. The third kappa shape index (κ3) is 1.39. The molecule has 4 nitrogen and oxygen atoms in total. The van der Waals surface area contributed by atoms with Crippen molar-refractivity contribution >= 4 is 22.9 Å². The first-order valence-corrected chi connectivity index (χ1v) is 3.99. The topological polar surface area (TPSA) is 51.8 Å². The Hall–Kier alpha value is -2.06. The molecule has 0 saturated heterocycles. The molecule has 70 valence electrons. The van der Waals surface area contributed by atoms with Crippen LogP contribution in [0.3, 0.4) is 0 Å². The van der Waals surface area contributed by atoms with Gasteiger partial charge < -0.3 is 9.15 Å². The Labute approximate surface area is 79.8 Å². The summed E-state index contributed by atoms with van der Waals surface area (Å²) in [6, 6.07) is 7.05. The Bertz CT molecular complexity index is 509. The lowest BCUT2D eigenvalue weighted by Gasteiger charge is -1.96. The fraction of sp³-hybridized carbons (Fsp3) is 0.100. The maximum atomic E-state index is 10.00. The Balaban J connectivity index is 2.59. The normalized spacial score (nSPS) is 9.79. The molecule has 0 saturated carbocycles. The fourth-order valence-electron chi connectivity index (χ4n) is 1.22. The third-order valence-corrected chi connectivity index (χ3v) is 1.87. The van der Waals surface area contributed by atoms with Gasteiger partial charge in [0.25, 0.3) is 0 Å². The quantitative estimate of drug-likeness (QED) is 0.538. The van der Waals surface area contributed by atoms with Gasteiger partial charge in [-0.2, -0.15) is 0 Å². The largest absolute Gasteiger partial charge is 0.497 e. The van der Waals surface area contributed by atoms with Crippen LogP contribution in [0.4, 0.5) is 5.88 Å². The number of rotatable bonds is 2. The Morgan fingerprint density at radius 2 is 2.29 bits per heavy atom. The summed E-state index contributed by atoms with van der Waals surface area (Å²) in [6.45, 7) is 0. The summed E-state index contributed by atoms with van der Waals surface area (Å²) < 4.78 is 10.3. The van der Waals surface area contributed by atoms with Crippen LogP contribution in [0.1, 0.15) is 0 Å². The first kappa shape index (κ1) is 8.53. The molecule has 0 fully saturated rings. The molecule has 4 heteroatoms. The SMILES string of the molecule is COc1ccc2cc(N=C=O)oc2c1. The van der Waals surface area contributed by atoms with Gasteiger partial charge in [0.2, 0.25) is 12.0 Å². The van der Waals surface area contributed by atoms with Crippen molar-refractivity contribution in [2.45, 2.75) is 0 Å². The van der Waals surface area contributed by atoms with Gasteiger partial charge in [0.1, 0.15) is 11.3 Å². The zero-order valence-corrected chi connectivity index (χ0v) is 7.48. The summed E-state index contributed by atoms with van der Waals surface area (Å²) in [4.78, 5) is 13.4. The molecule has 0 unspecified atom stereocenters. The number of benzene rings is 1. The highest BCUT2D eigenvalue weighted by Crippen LogP contribution is 2.27. The number of aliphatic imine (C=N–C) groups is 1. The molecule has 2 aromatic rings. The predicted molar refractivity (Wildman–Crippen MR) is 50.5 cm³/mol. The number of hydrogen-bond acceptors (Lipinski definition) is 4. The molecule has 0 aliphatic heterocycles. The summed E-state index contributed by atoms with van der Waals surface area (Å²) in [5.74, 6) is 0.955. The van der Waals surface area contributed by atoms with Crippen molar-refractivity contribution < 1.29 is 13.9 Å². The van der Waals surface area contributed by atoms with E-state index >= 15 is 0 Å². The minimum atomic E-state index is 0.253. The van der Waals surface area contributed by atoms with Gasteiger partial charge in [-0.3, -0.25) is 0 Å². The number of fused-ring (bicyclic) bond motifs is 1. The van der Waals surface area contributed by atoms with Crippen molar-refractivity contribution in [1.82, 2.24) is 0 Å². The van der Waals surface area contributed by atoms with Crippen LogP contribution in [0, 0.1) is 0 Å². The summed E-state index contributed by atoms with van der Waals surface area (Å²) in [7, 11) is 1.58. The molecule has 0 spiro atoms. The van der Waals surface area contributed by atoms with E-state index in [1.807, 2.05) is 12.1 Å².